The molecule has 0 bridgehead atoms. The Bertz CT molecular complexity index is 362. The Balaban J connectivity index is 2.14. The van der Waals surface area contributed by atoms with E-state index in [0.717, 1.165) is 0 Å². The first-order valence-corrected chi connectivity index (χ1v) is 8.56. The summed E-state index contributed by atoms with van der Waals surface area (Å²) in [5, 5.41) is 3.62. The molecule has 1 aliphatic carbocycles. The number of hydrogen-bond acceptors (Lipinski definition) is 3. The summed E-state index contributed by atoms with van der Waals surface area (Å²) < 4.78 is 5.82. The van der Waals surface area contributed by atoms with Gasteiger partial charge in [-0.25, -0.2) is 0 Å². The highest BCUT2D eigenvalue weighted by atomic mass is 16.5. The smallest absolute Gasteiger partial charge is 0.241 e. The number of ether oxygens (including phenoxy) is 1. The minimum atomic E-state index is -0.283. The molecule has 0 aromatic carbocycles. The lowest BCUT2D eigenvalue weighted by atomic mass is 10.0. The lowest BCUT2D eigenvalue weighted by Crippen LogP contribution is -2.49. The highest BCUT2D eigenvalue weighted by Crippen LogP contribution is 2.34. The zero-order chi connectivity index (χ0) is 15.6. The van der Waals surface area contributed by atoms with Crippen molar-refractivity contribution in [1.29, 1.82) is 0 Å². The fraction of sp³-hybridized carbons (Fsp3) is 0.941. The number of carbonyl (C=O) groups is 1. The molecule has 21 heavy (non-hydrogen) atoms. The third-order valence-corrected chi connectivity index (χ3v) is 4.83. The lowest BCUT2D eigenvalue weighted by Gasteiger charge is -2.35. The normalized spacial score (nSPS) is 28.1. The molecule has 1 saturated carbocycles. The van der Waals surface area contributed by atoms with Crippen molar-refractivity contribution in [2.24, 2.45) is 11.8 Å². The van der Waals surface area contributed by atoms with Crippen molar-refractivity contribution in [2.75, 3.05) is 13.2 Å². The first-order valence-electron chi connectivity index (χ1n) is 8.56. The van der Waals surface area contributed by atoms with Crippen LogP contribution in [0.4, 0.5) is 0 Å². The Morgan fingerprint density at radius 3 is 2.48 bits per heavy atom. The summed E-state index contributed by atoms with van der Waals surface area (Å²) in [4.78, 5) is 14.9. The Kier molecular flexibility index (Phi) is 5.31. The van der Waals surface area contributed by atoms with Gasteiger partial charge in [-0.1, -0.05) is 26.7 Å². The third-order valence-electron chi connectivity index (χ3n) is 4.83. The van der Waals surface area contributed by atoms with Crippen LogP contribution in [0.25, 0.3) is 0 Å². The second kappa shape index (κ2) is 6.66. The van der Waals surface area contributed by atoms with Gasteiger partial charge in [0.2, 0.25) is 5.91 Å². The number of amides is 1. The summed E-state index contributed by atoms with van der Waals surface area (Å²) in [6.07, 6.45) is 5.27. The van der Waals surface area contributed by atoms with Crippen LogP contribution in [0.5, 0.6) is 0 Å². The molecule has 2 rings (SSSR count). The fourth-order valence-electron chi connectivity index (χ4n) is 3.83. The predicted octanol–water partition coefficient (Wildman–Crippen LogP) is 2.77. The average Bonchev–Trinajstić information content (AvgIpc) is 2.98. The minimum absolute atomic E-state index is 0.0342. The summed E-state index contributed by atoms with van der Waals surface area (Å²) in [6.45, 7) is 11.8. The van der Waals surface area contributed by atoms with E-state index in [1.165, 1.54) is 25.7 Å². The molecule has 1 amide bonds. The predicted molar refractivity (Wildman–Crippen MR) is 84.9 cm³/mol. The van der Waals surface area contributed by atoms with Crippen molar-refractivity contribution >= 4 is 5.91 Å². The fourth-order valence-corrected chi connectivity index (χ4v) is 3.83. The summed E-state index contributed by atoms with van der Waals surface area (Å²) in [5.41, 5.74) is -0.283. The van der Waals surface area contributed by atoms with Crippen LogP contribution in [0.1, 0.15) is 60.3 Å². The molecule has 0 aromatic rings. The number of hydrogen-bond donors (Lipinski definition) is 1. The Morgan fingerprint density at radius 2 is 1.95 bits per heavy atom. The zero-order valence-electron chi connectivity index (χ0n) is 14.3. The molecule has 122 valence electrons. The molecule has 1 aliphatic heterocycles. The molecule has 2 aliphatic rings. The molecular formula is C17H32N2O2. The van der Waals surface area contributed by atoms with E-state index in [0.29, 0.717) is 25.0 Å². The van der Waals surface area contributed by atoms with Gasteiger partial charge in [-0.2, -0.15) is 0 Å². The van der Waals surface area contributed by atoms with Crippen LogP contribution < -0.4 is 5.32 Å². The van der Waals surface area contributed by atoms with E-state index in [1.807, 2.05) is 6.92 Å². The van der Waals surface area contributed by atoms with E-state index in [-0.39, 0.29) is 23.7 Å². The number of rotatable bonds is 6. The molecule has 0 aromatic heterocycles. The van der Waals surface area contributed by atoms with Gasteiger partial charge in [-0.3, -0.25) is 10.1 Å². The van der Waals surface area contributed by atoms with Crippen LogP contribution in [0.15, 0.2) is 0 Å². The molecule has 0 radical (unpaired) electrons. The van der Waals surface area contributed by atoms with E-state index in [1.54, 1.807) is 0 Å². The van der Waals surface area contributed by atoms with Crippen LogP contribution in [-0.2, 0) is 9.53 Å². The van der Waals surface area contributed by atoms with Crippen LogP contribution in [0.2, 0.25) is 0 Å². The van der Waals surface area contributed by atoms with Crippen LogP contribution in [0, 0.1) is 11.8 Å². The van der Waals surface area contributed by atoms with E-state index in [9.17, 15) is 4.79 Å². The second-order valence-electron chi connectivity index (χ2n) is 7.54. The molecule has 1 heterocycles. The summed E-state index contributed by atoms with van der Waals surface area (Å²) in [7, 11) is 0. The second-order valence-corrected chi connectivity index (χ2v) is 7.54. The van der Waals surface area contributed by atoms with Crippen LogP contribution >= 0.6 is 0 Å². The number of nitrogens with zero attached hydrogens (tertiary/aromatic N) is 1. The van der Waals surface area contributed by atoms with Gasteiger partial charge in [0, 0.05) is 6.61 Å². The summed E-state index contributed by atoms with van der Waals surface area (Å²) >= 11 is 0. The molecule has 2 fully saturated rings. The van der Waals surface area contributed by atoms with Crippen molar-refractivity contribution in [3.05, 3.63) is 0 Å². The van der Waals surface area contributed by atoms with Gasteiger partial charge < -0.3 is 9.64 Å². The SMILES string of the molecule is CCOC(C)(C)CN1C(=O)C(C(C)C)NC1C1CCCC1. The topological polar surface area (TPSA) is 41.6 Å². The Labute approximate surface area is 129 Å². The standard InChI is InChI=1S/C17H32N2O2/c1-6-21-17(4,5)11-19-15(13-9-7-8-10-13)18-14(12(2)3)16(19)20/h12-15,18H,6-11H2,1-5H3. The molecule has 0 spiro atoms. The molecule has 2 unspecified atom stereocenters. The first kappa shape index (κ1) is 16.8. The molecule has 1 N–H and O–H groups in total. The zero-order valence-corrected chi connectivity index (χ0v) is 14.3. The molecule has 2 atom stereocenters. The highest BCUT2D eigenvalue weighted by molar-refractivity contribution is 5.84. The third kappa shape index (κ3) is 3.78. The van der Waals surface area contributed by atoms with Crippen molar-refractivity contribution in [3.8, 4) is 0 Å². The summed E-state index contributed by atoms with van der Waals surface area (Å²) in [6, 6.07) is -0.0342. The van der Waals surface area contributed by atoms with Gasteiger partial charge in [0.05, 0.1) is 24.4 Å². The van der Waals surface area contributed by atoms with Gasteiger partial charge in [0.25, 0.3) is 0 Å². The van der Waals surface area contributed by atoms with Gasteiger partial charge in [-0.05, 0) is 45.4 Å². The molecule has 1 saturated heterocycles. The monoisotopic (exact) mass is 296 g/mol. The Morgan fingerprint density at radius 1 is 1.33 bits per heavy atom. The van der Waals surface area contributed by atoms with Gasteiger partial charge in [0.15, 0.2) is 0 Å². The maximum atomic E-state index is 12.8. The number of nitrogens with one attached hydrogen (secondary N) is 1. The van der Waals surface area contributed by atoms with Crippen molar-refractivity contribution < 1.29 is 9.53 Å². The largest absolute Gasteiger partial charge is 0.374 e. The minimum Gasteiger partial charge on any atom is -0.374 e. The maximum absolute atomic E-state index is 12.8. The summed E-state index contributed by atoms with van der Waals surface area (Å²) in [5.74, 6) is 1.20. The van der Waals surface area contributed by atoms with Crippen LogP contribution in [-0.4, -0.2) is 41.8 Å². The number of carbonyl (C=O) groups excluding carboxylic acids is 1. The Hall–Kier alpha value is -0.610. The van der Waals surface area contributed by atoms with E-state index in [4.69, 9.17) is 4.74 Å². The van der Waals surface area contributed by atoms with Crippen molar-refractivity contribution in [1.82, 2.24) is 10.2 Å². The maximum Gasteiger partial charge on any atom is 0.241 e. The highest BCUT2D eigenvalue weighted by Gasteiger charge is 2.45. The van der Waals surface area contributed by atoms with Gasteiger partial charge in [-0.15, -0.1) is 0 Å². The van der Waals surface area contributed by atoms with Gasteiger partial charge >= 0.3 is 0 Å². The average molecular weight is 296 g/mol. The van der Waals surface area contributed by atoms with Crippen molar-refractivity contribution in [3.63, 3.8) is 0 Å². The van der Waals surface area contributed by atoms with Gasteiger partial charge in [0.1, 0.15) is 0 Å². The quantitative estimate of drug-likeness (QED) is 0.819. The lowest BCUT2D eigenvalue weighted by molar-refractivity contribution is -0.136. The molecule has 4 heteroatoms. The van der Waals surface area contributed by atoms with E-state index < -0.39 is 0 Å². The van der Waals surface area contributed by atoms with Crippen LogP contribution in [0.3, 0.4) is 0 Å². The van der Waals surface area contributed by atoms with E-state index in [2.05, 4.69) is 37.9 Å². The first-order chi connectivity index (χ1) is 9.85. The van der Waals surface area contributed by atoms with Crippen molar-refractivity contribution in [2.45, 2.75) is 78.1 Å². The van der Waals surface area contributed by atoms with E-state index >= 15 is 0 Å². The molecular weight excluding hydrogens is 264 g/mol. The molecule has 4 nitrogen and oxygen atoms in total.